The molecule has 0 bridgehead atoms. The van der Waals surface area contributed by atoms with Crippen molar-refractivity contribution < 1.29 is 19.3 Å². The van der Waals surface area contributed by atoms with E-state index < -0.39 is 6.10 Å². The first-order valence-corrected chi connectivity index (χ1v) is 13.0. The van der Waals surface area contributed by atoms with E-state index in [1.807, 2.05) is 12.1 Å². The number of epoxide rings is 1. The Hall–Kier alpha value is -2.04. The second-order valence-corrected chi connectivity index (χ2v) is 10.5. The Morgan fingerprint density at radius 1 is 0.941 bits per heavy atom. The van der Waals surface area contributed by atoms with Gasteiger partial charge in [0.1, 0.15) is 23.7 Å². The molecular formula is C30H44O4. The molecule has 3 unspecified atom stereocenters. The molecule has 1 fully saturated rings. The van der Waals surface area contributed by atoms with Crippen LogP contribution in [0.5, 0.6) is 11.5 Å². The van der Waals surface area contributed by atoms with Crippen molar-refractivity contribution in [1.29, 1.82) is 0 Å². The van der Waals surface area contributed by atoms with Crippen molar-refractivity contribution in [3.05, 3.63) is 59.7 Å². The van der Waals surface area contributed by atoms with Crippen LogP contribution in [0.4, 0.5) is 0 Å². The summed E-state index contributed by atoms with van der Waals surface area (Å²) in [6.45, 7) is 14.4. The van der Waals surface area contributed by atoms with Gasteiger partial charge >= 0.3 is 0 Å². The first kappa shape index (κ1) is 26.6. The molecule has 1 heterocycles. The van der Waals surface area contributed by atoms with Crippen LogP contribution < -0.4 is 9.47 Å². The lowest BCUT2D eigenvalue weighted by molar-refractivity contribution is 0.0432. The van der Waals surface area contributed by atoms with Crippen LogP contribution in [0.25, 0.3) is 0 Å². The van der Waals surface area contributed by atoms with Crippen molar-refractivity contribution in [2.24, 2.45) is 5.92 Å². The molecule has 1 aliphatic rings. The summed E-state index contributed by atoms with van der Waals surface area (Å²) in [7, 11) is 0. The van der Waals surface area contributed by atoms with E-state index in [-0.39, 0.29) is 11.0 Å². The van der Waals surface area contributed by atoms with Crippen molar-refractivity contribution in [3.8, 4) is 11.5 Å². The minimum Gasteiger partial charge on any atom is -0.491 e. The summed E-state index contributed by atoms with van der Waals surface area (Å²) in [5.41, 5.74) is 2.15. The van der Waals surface area contributed by atoms with Gasteiger partial charge in [-0.2, -0.15) is 0 Å². The lowest BCUT2D eigenvalue weighted by atomic mass is 9.78. The molecule has 2 aromatic rings. The summed E-state index contributed by atoms with van der Waals surface area (Å²) in [5.74, 6) is 2.22. The maximum absolute atomic E-state index is 10.2. The first-order valence-electron chi connectivity index (χ1n) is 13.0. The van der Waals surface area contributed by atoms with E-state index in [2.05, 4.69) is 77.9 Å². The SMILES string of the molecule is CCC(C)CC(O)COc1ccc(C(C)(C)c2ccc(OC(CC)(CC)CC3CO3)cc2)cc1. The van der Waals surface area contributed by atoms with Gasteiger partial charge in [0.2, 0.25) is 0 Å². The maximum Gasteiger partial charge on any atom is 0.120 e. The fourth-order valence-corrected chi connectivity index (χ4v) is 4.54. The molecule has 188 valence electrons. The van der Waals surface area contributed by atoms with Gasteiger partial charge in [-0.3, -0.25) is 0 Å². The number of ether oxygens (including phenoxy) is 3. The Morgan fingerprint density at radius 3 is 1.94 bits per heavy atom. The van der Waals surface area contributed by atoms with E-state index in [0.29, 0.717) is 18.6 Å². The molecule has 1 aliphatic heterocycles. The van der Waals surface area contributed by atoms with Crippen LogP contribution in [0.1, 0.15) is 84.8 Å². The van der Waals surface area contributed by atoms with Gasteiger partial charge in [0, 0.05) is 11.8 Å². The molecule has 0 saturated carbocycles. The smallest absolute Gasteiger partial charge is 0.120 e. The fourth-order valence-electron chi connectivity index (χ4n) is 4.54. The molecule has 0 amide bonds. The van der Waals surface area contributed by atoms with Gasteiger partial charge in [0.15, 0.2) is 0 Å². The van der Waals surface area contributed by atoms with E-state index in [0.717, 1.165) is 50.2 Å². The number of hydrogen-bond donors (Lipinski definition) is 1. The molecule has 3 atom stereocenters. The molecule has 1 N–H and O–H groups in total. The minimum absolute atomic E-state index is 0.151. The third-order valence-electron chi connectivity index (χ3n) is 7.59. The van der Waals surface area contributed by atoms with Gasteiger partial charge in [-0.15, -0.1) is 0 Å². The van der Waals surface area contributed by atoms with Crippen molar-refractivity contribution in [2.75, 3.05) is 13.2 Å². The summed E-state index contributed by atoms with van der Waals surface area (Å²) in [4.78, 5) is 0. The average molecular weight is 469 g/mol. The van der Waals surface area contributed by atoms with Crippen molar-refractivity contribution in [2.45, 2.75) is 96.9 Å². The lowest BCUT2D eigenvalue weighted by Gasteiger charge is -2.33. The summed E-state index contributed by atoms with van der Waals surface area (Å²) in [6.07, 6.45) is 4.67. The zero-order valence-electron chi connectivity index (χ0n) is 22.0. The lowest BCUT2D eigenvalue weighted by Crippen LogP contribution is -2.36. The van der Waals surface area contributed by atoms with Gasteiger partial charge in [-0.1, -0.05) is 72.2 Å². The molecule has 0 aromatic heterocycles. The number of benzene rings is 2. The third-order valence-corrected chi connectivity index (χ3v) is 7.59. The third kappa shape index (κ3) is 6.99. The second-order valence-electron chi connectivity index (χ2n) is 10.5. The Labute approximate surface area is 206 Å². The van der Waals surface area contributed by atoms with E-state index in [9.17, 15) is 5.11 Å². The maximum atomic E-state index is 10.2. The standard InChI is InChI=1S/C30H44O4/c1-7-22(4)18-25(31)20-32-26-14-10-23(11-15-26)29(5,6)24-12-16-27(17-13-24)34-30(8-2,9-3)19-28-21-33-28/h10-17,22,25,28,31H,7-9,18-21H2,1-6H3. The zero-order chi connectivity index (χ0) is 24.8. The Kier molecular flexibility index (Phi) is 9.06. The van der Waals surface area contributed by atoms with E-state index >= 15 is 0 Å². The first-order chi connectivity index (χ1) is 16.2. The highest BCUT2D eigenvalue weighted by molar-refractivity contribution is 5.42. The molecule has 4 heteroatoms. The van der Waals surface area contributed by atoms with Gasteiger partial charge in [-0.05, 0) is 60.6 Å². The predicted molar refractivity (Wildman–Crippen MR) is 139 cm³/mol. The Balaban J connectivity index is 1.62. The van der Waals surface area contributed by atoms with Crippen LogP contribution >= 0.6 is 0 Å². The molecule has 34 heavy (non-hydrogen) atoms. The van der Waals surface area contributed by atoms with Crippen molar-refractivity contribution in [3.63, 3.8) is 0 Å². The summed E-state index contributed by atoms with van der Waals surface area (Å²) in [5, 5.41) is 10.2. The van der Waals surface area contributed by atoms with Crippen molar-refractivity contribution in [1.82, 2.24) is 0 Å². The fraction of sp³-hybridized carbons (Fsp3) is 0.600. The largest absolute Gasteiger partial charge is 0.491 e. The van der Waals surface area contributed by atoms with E-state index in [1.54, 1.807) is 0 Å². The summed E-state index contributed by atoms with van der Waals surface area (Å²) >= 11 is 0. The van der Waals surface area contributed by atoms with E-state index in [1.165, 1.54) is 11.1 Å². The van der Waals surface area contributed by atoms with Crippen LogP contribution in [-0.4, -0.2) is 36.1 Å². The highest BCUT2D eigenvalue weighted by atomic mass is 16.6. The molecule has 1 saturated heterocycles. The van der Waals surface area contributed by atoms with Gasteiger partial charge < -0.3 is 19.3 Å². The van der Waals surface area contributed by atoms with Crippen LogP contribution in [0, 0.1) is 5.92 Å². The number of aliphatic hydroxyl groups is 1. The minimum atomic E-state index is -0.428. The molecule has 0 spiro atoms. The molecule has 0 aliphatic carbocycles. The molecule has 4 nitrogen and oxygen atoms in total. The molecular weight excluding hydrogens is 424 g/mol. The Morgan fingerprint density at radius 2 is 1.47 bits per heavy atom. The number of aliphatic hydroxyl groups excluding tert-OH is 1. The average Bonchev–Trinajstić information content (AvgIpc) is 3.66. The molecule has 3 rings (SSSR count). The normalized spacial score (nSPS) is 17.8. The van der Waals surface area contributed by atoms with Gasteiger partial charge in [-0.25, -0.2) is 0 Å². The van der Waals surface area contributed by atoms with E-state index in [4.69, 9.17) is 14.2 Å². The summed E-state index contributed by atoms with van der Waals surface area (Å²) < 4.78 is 17.8. The number of hydrogen-bond acceptors (Lipinski definition) is 4. The topological polar surface area (TPSA) is 51.2 Å². The highest BCUT2D eigenvalue weighted by Gasteiger charge is 2.37. The monoisotopic (exact) mass is 468 g/mol. The van der Waals surface area contributed by atoms with Crippen LogP contribution in [0.2, 0.25) is 0 Å². The number of rotatable bonds is 14. The van der Waals surface area contributed by atoms with Gasteiger partial charge in [0.25, 0.3) is 0 Å². The highest BCUT2D eigenvalue weighted by Crippen LogP contribution is 2.36. The molecule has 2 aromatic carbocycles. The van der Waals surface area contributed by atoms with Gasteiger partial charge in [0.05, 0.1) is 18.8 Å². The predicted octanol–water partition coefficient (Wildman–Crippen LogP) is 6.91. The quantitative estimate of drug-likeness (QED) is 0.306. The van der Waals surface area contributed by atoms with Crippen LogP contribution in [-0.2, 0) is 10.2 Å². The zero-order valence-corrected chi connectivity index (χ0v) is 22.0. The van der Waals surface area contributed by atoms with Crippen LogP contribution in [0.15, 0.2) is 48.5 Å². The van der Waals surface area contributed by atoms with Crippen molar-refractivity contribution >= 4 is 0 Å². The second kappa shape index (κ2) is 11.6. The Bertz CT molecular complexity index is 864. The molecule has 0 radical (unpaired) electrons. The summed E-state index contributed by atoms with van der Waals surface area (Å²) in [6, 6.07) is 16.8. The van der Waals surface area contributed by atoms with Crippen LogP contribution in [0.3, 0.4) is 0 Å².